The van der Waals surface area contributed by atoms with Crippen molar-refractivity contribution in [3.05, 3.63) is 29.4 Å². The largest absolute Gasteiger partial charge is 0.368 e. The number of carbonyl (C=O) groups is 1. The van der Waals surface area contributed by atoms with Gasteiger partial charge < -0.3 is 4.74 Å². The van der Waals surface area contributed by atoms with Crippen molar-refractivity contribution < 1.29 is 9.53 Å². The van der Waals surface area contributed by atoms with Gasteiger partial charge in [-0.25, -0.2) is 0 Å². The van der Waals surface area contributed by atoms with Crippen LogP contribution in [0.1, 0.15) is 55.3 Å². The number of nitrogens with zero attached hydrogens (tertiary/aromatic N) is 2. The molecule has 1 unspecified atom stereocenters. The molecular weight excluding hydrogens is 264 g/mol. The highest BCUT2D eigenvalue weighted by Gasteiger charge is 2.25. The average molecular weight is 288 g/mol. The molecule has 3 rings (SSSR count). The first-order chi connectivity index (χ1) is 10.2. The van der Waals surface area contributed by atoms with Gasteiger partial charge in [-0.3, -0.25) is 14.4 Å². The standard InChI is InChI=1S/C17H24N2O2/c1-13-9-10-19(17(20)15-8-5-11-21-15)16(12-13)18-14-6-3-2-4-7-14/h9-10,12,14-15H,2-8,11H2,1H3. The molecule has 4 nitrogen and oxygen atoms in total. The highest BCUT2D eigenvalue weighted by molar-refractivity contribution is 5.83. The smallest absolute Gasteiger partial charge is 0.261 e. The molecule has 1 saturated carbocycles. The maximum absolute atomic E-state index is 12.6. The Morgan fingerprint density at radius 2 is 2.05 bits per heavy atom. The van der Waals surface area contributed by atoms with Crippen LogP contribution in [0.25, 0.3) is 0 Å². The van der Waals surface area contributed by atoms with Crippen LogP contribution in [0.15, 0.2) is 23.3 Å². The summed E-state index contributed by atoms with van der Waals surface area (Å²) in [5.74, 6) is 0.0297. The first-order valence-corrected chi connectivity index (χ1v) is 8.13. The van der Waals surface area contributed by atoms with Crippen LogP contribution in [-0.2, 0) is 4.74 Å². The zero-order valence-corrected chi connectivity index (χ0v) is 12.8. The van der Waals surface area contributed by atoms with E-state index in [1.165, 1.54) is 19.3 Å². The van der Waals surface area contributed by atoms with Crippen LogP contribution in [0, 0.1) is 6.92 Å². The van der Waals surface area contributed by atoms with Gasteiger partial charge in [0.1, 0.15) is 11.6 Å². The van der Waals surface area contributed by atoms with E-state index in [1.807, 2.05) is 25.3 Å². The fourth-order valence-corrected chi connectivity index (χ4v) is 3.20. The van der Waals surface area contributed by atoms with Crippen LogP contribution in [0.5, 0.6) is 0 Å². The van der Waals surface area contributed by atoms with E-state index in [0.29, 0.717) is 12.6 Å². The highest BCUT2D eigenvalue weighted by atomic mass is 16.5. The van der Waals surface area contributed by atoms with Gasteiger partial charge in [0.15, 0.2) is 0 Å². The van der Waals surface area contributed by atoms with Gasteiger partial charge in [0.2, 0.25) is 0 Å². The Hall–Kier alpha value is -1.42. The van der Waals surface area contributed by atoms with Crippen molar-refractivity contribution in [3.8, 4) is 0 Å². The summed E-state index contributed by atoms with van der Waals surface area (Å²) in [6, 6.07) is 4.35. The summed E-state index contributed by atoms with van der Waals surface area (Å²) in [4.78, 5) is 17.5. The minimum atomic E-state index is -0.294. The zero-order chi connectivity index (χ0) is 14.7. The monoisotopic (exact) mass is 288 g/mol. The van der Waals surface area contributed by atoms with E-state index in [0.717, 1.165) is 36.7 Å². The number of hydrogen-bond acceptors (Lipinski definition) is 3. The first kappa shape index (κ1) is 14.5. The lowest BCUT2D eigenvalue weighted by Crippen LogP contribution is -2.35. The number of hydrogen-bond donors (Lipinski definition) is 0. The third-order valence-electron chi connectivity index (χ3n) is 4.42. The Bertz CT molecular complexity index is 564. The van der Waals surface area contributed by atoms with Crippen molar-refractivity contribution in [2.75, 3.05) is 6.61 Å². The van der Waals surface area contributed by atoms with Crippen LogP contribution in [0.3, 0.4) is 0 Å². The van der Waals surface area contributed by atoms with Gasteiger partial charge in [-0.15, -0.1) is 0 Å². The Morgan fingerprint density at radius 3 is 2.76 bits per heavy atom. The van der Waals surface area contributed by atoms with Gasteiger partial charge in [0.25, 0.3) is 5.91 Å². The molecule has 1 aromatic rings. The number of carbonyl (C=O) groups excluding carboxylic acids is 1. The van der Waals surface area contributed by atoms with Crippen molar-refractivity contribution >= 4 is 5.91 Å². The fraction of sp³-hybridized carbons (Fsp3) is 0.647. The second kappa shape index (κ2) is 6.56. The number of ether oxygens (including phenoxy) is 1. The summed E-state index contributed by atoms with van der Waals surface area (Å²) in [6.07, 6.45) is 9.44. The molecule has 2 fully saturated rings. The van der Waals surface area contributed by atoms with E-state index >= 15 is 0 Å². The van der Waals surface area contributed by atoms with Crippen molar-refractivity contribution in [1.82, 2.24) is 4.57 Å². The average Bonchev–Trinajstić information content (AvgIpc) is 3.02. The molecule has 2 aliphatic rings. The molecule has 1 aliphatic heterocycles. The number of aromatic nitrogens is 1. The number of pyridine rings is 1. The minimum absolute atomic E-state index is 0.0297. The normalized spacial score (nSPS) is 24.4. The Balaban J connectivity index is 1.92. The Labute approximate surface area is 125 Å². The van der Waals surface area contributed by atoms with Crippen molar-refractivity contribution in [3.63, 3.8) is 0 Å². The minimum Gasteiger partial charge on any atom is -0.368 e. The molecular formula is C17H24N2O2. The SMILES string of the molecule is Cc1ccn(C(=O)C2CCCO2)c(=NC2CCCCC2)c1. The van der Waals surface area contributed by atoms with Crippen molar-refractivity contribution in [2.24, 2.45) is 4.99 Å². The molecule has 21 heavy (non-hydrogen) atoms. The molecule has 1 atom stereocenters. The molecule has 1 aliphatic carbocycles. The van der Waals surface area contributed by atoms with Crippen LogP contribution >= 0.6 is 0 Å². The predicted molar refractivity (Wildman–Crippen MR) is 81.2 cm³/mol. The summed E-state index contributed by atoms with van der Waals surface area (Å²) in [7, 11) is 0. The third-order valence-corrected chi connectivity index (χ3v) is 4.42. The molecule has 0 spiro atoms. The van der Waals surface area contributed by atoms with E-state index in [-0.39, 0.29) is 12.0 Å². The van der Waals surface area contributed by atoms with E-state index in [9.17, 15) is 4.79 Å². The van der Waals surface area contributed by atoms with E-state index in [1.54, 1.807) is 4.57 Å². The van der Waals surface area contributed by atoms with Gasteiger partial charge in [-0.1, -0.05) is 19.3 Å². The highest BCUT2D eigenvalue weighted by Crippen LogP contribution is 2.20. The number of rotatable bonds is 2. The van der Waals surface area contributed by atoms with Gasteiger partial charge >= 0.3 is 0 Å². The summed E-state index contributed by atoms with van der Waals surface area (Å²) in [5.41, 5.74) is 1.93. The summed E-state index contributed by atoms with van der Waals surface area (Å²) in [5, 5.41) is 0. The second-order valence-electron chi connectivity index (χ2n) is 6.19. The zero-order valence-electron chi connectivity index (χ0n) is 12.8. The van der Waals surface area contributed by atoms with Crippen LogP contribution in [-0.4, -0.2) is 29.2 Å². The maximum atomic E-state index is 12.6. The maximum Gasteiger partial charge on any atom is 0.261 e. The molecule has 1 saturated heterocycles. The summed E-state index contributed by atoms with van der Waals surface area (Å²) >= 11 is 0. The lowest BCUT2D eigenvalue weighted by molar-refractivity contribution is 0.0548. The second-order valence-corrected chi connectivity index (χ2v) is 6.19. The predicted octanol–water partition coefficient (Wildman–Crippen LogP) is 2.85. The molecule has 0 N–H and O–H groups in total. The topological polar surface area (TPSA) is 43.6 Å². The quantitative estimate of drug-likeness (QED) is 0.840. The molecule has 2 heterocycles. The van der Waals surface area contributed by atoms with E-state index in [4.69, 9.17) is 9.73 Å². The number of aryl methyl sites for hydroxylation is 1. The lowest BCUT2D eigenvalue weighted by atomic mass is 9.96. The van der Waals surface area contributed by atoms with Crippen LogP contribution in [0.4, 0.5) is 0 Å². The van der Waals surface area contributed by atoms with E-state index < -0.39 is 0 Å². The molecule has 114 valence electrons. The van der Waals surface area contributed by atoms with Crippen molar-refractivity contribution in [1.29, 1.82) is 0 Å². The third kappa shape index (κ3) is 3.43. The van der Waals surface area contributed by atoms with Gasteiger partial charge in [0, 0.05) is 12.8 Å². The summed E-state index contributed by atoms with van der Waals surface area (Å²) in [6.45, 7) is 2.73. The first-order valence-electron chi connectivity index (χ1n) is 8.13. The lowest BCUT2D eigenvalue weighted by Gasteiger charge is -2.18. The molecule has 4 heteroatoms. The molecule has 0 radical (unpaired) electrons. The van der Waals surface area contributed by atoms with Crippen LogP contribution < -0.4 is 5.49 Å². The van der Waals surface area contributed by atoms with Gasteiger partial charge in [-0.2, -0.15) is 0 Å². The Morgan fingerprint density at radius 1 is 1.24 bits per heavy atom. The fourth-order valence-electron chi connectivity index (χ4n) is 3.20. The summed E-state index contributed by atoms with van der Waals surface area (Å²) < 4.78 is 7.22. The molecule has 0 bridgehead atoms. The Kier molecular flexibility index (Phi) is 4.54. The molecule has 0 amide bonds. The van der Waals surface area contributed by atoms with Gasteiger partial charge in [0.05, 0.1) is 6.04 Å². The van der Waals surface area contributed by atoms with E-state index in [2.05, 4.69) is 0 Å². The molecule has 1 aromatic heterocycles. The van der Waals surface area contributed by atoms with Gasteiger partial charge in [-0.05, 0) is 50.3 Å². The van der Waals surface area contributed by atoms with Crippen LogP contribution in [0.2, 0.25) is 0 Å². The molecule has 0 aromatic carbocycles. The van der Waals surface area contributed by atoms with Crippen molar-refractivity contribution in [2.45, 2.75) is 64.0 Å².